The number of carbonyl (C=O) groups excluding carboxylic acids is 3. The first-order valence-corrected chi connectivity index (χ1v) is 6.59. The highest BCUT2D eigenvalue weighted by atomic mass is 17.2. The van der Waals surface area contributed by atoms with Crippen molar-refractivity contribution in [2.24, 2.45) is 0 Å². The fourth-order valence-electron chi connectivity index (χ4n) is 2.07. The lowest BCUT2D eigenvalue weighted by molar-refractivity contribution is -0.187. The minimum Gasteiger partial charge on any atom is -0.478 e. The summed E-state index contributed by atoms with van der Waals surface area (Å²) in [5, 5.41) is 9.16. The number of rotatable bonds is 1. The van der Waals surface area contributed by atoms with Gasteiger partial charge in [-0.2, -0.15) is 0 Å². The van der Waals surface area contributed by atoms with Crippen LogP contribution in [0.3, 0.4) is 0 Å². The van der Waals surface area contributed by atoms with Gasteiger partial charge in [-0.15, -0.1) is 0 Å². The summed E-state index contributed by atoms with van der Waals surface area (Å²) in [7, 11) is 0. The molecule has 1 aliphatic heterocycles. The standard InChI is InChI=1S/C16H8O8/c17-13(18)11-6-5-8-7-12(11)22-15(20)9-3-1-2-4-10(9)16(21)24-23-14(8)19/h1-7H,(H,17,18). The Hall–Kier alpha value is -3.68. The highest BCUT2D eigenvalue weighted by Gasteiger charge is 2.26. The molecule has 8 nitrogen and oxygen atoms in total. The van der Waals surface area contributed by atoms with Crippen molar-refractivity contribution < 1.29 is 38.8 Å². The highest BCUT2D eigenvalue weighted by molar-refractivity contribution is 6.05. The van der Waals surface area contributed by atoms with Gasteiger partial charge in [0.2, 0.25) is 0 Å². The maximum absolute atomic E-state index is 12.3. The van der Waals surface area contributed by atoms with Crippen molar-refractivity contribution in [3.05, 3.63) is 64.7 Å². The largest absolute Gasteiger partial charge is 0.478 e. The number of benzene rings is 2. The molecule has 0 saturated heterocycles. The molecule has 0 saturated carbocycles. The summed E-state index contributed by atoms with van der Waals surface area (Å²) in [6.45, 7) is 0. The van der Waals surface area contributed by atoms with Gasteiger partial charge in [0.05, 0.1) is 16.7 Å². The lowest BCUT2D eigenvalue weighted by atomic mass is 10.1. The molecule has 1 N–H and O–H groups in total. The Bertz CT molecular complexity index is 883. The van der Waals surface area contributed by atoms with Crippen LogP contribution in [0.5, 0.6) is 5.75 Å². The van der Waals surface area contributed by atoms with Gasteiger partial charge >= 0.3 is 23.9 Å². The van der Waals surface area contributed by atoms with E-state index in [4.69, 9.17) is 9.84 Å². The van der Waals surface area contributed by atoms with E-state index in [9.17, 15) is 19.2 Å². The minimum atomic E-state index is -1.35. The Kier molecular flexibility index (Phi) is 3.70. The van der Waals surface area contributed by atoms with Crippen molar-refractivity contribution in [1.29, 1.82) is 0 Å². The molecule has 0 amide bonds. The SMILES string of the molecule is O=C1OOC(=O)c2ccccc2C(=O)Oc2cc1ccc2C(=O)O. The maximum Gasteiger partial charge on any atom is 0.387 e. The van der Waals surface area contributed by atoms with E-state index in [1.165, 1.54) is 24.3 Å². The van der Waals surface area contributed by atoms with Crippen LogP contribution in [0.1, 0.15) is 41.4 Å². The normalized spacial score (nSPS) is 13.8. The molecule has 0 spiro atoms. The van der Waals surface area contributed by atoms with Gasteiger partial charge in [-0.3, -0.25) is 0 Å². The summed E-state index contributed by atoms with van der Waals surface area (Å²) >= 11 is 0. The zero-order chi connectivity index (χ0) is 17.3. The third-order valence-electron chi connectivity index (χ3n) is 3.21. The van der Waals surface area contributed by atoms with Gasteiger partial charge in [0.15, 0.2) is 0 Å². The number of hydrogen-bond donors (Lipinski definition) is 1. The average Bonchev–Trinajstić information content (AvgIpc) is 2.59. The van der Waals surface area contributed by atoms with Crippen LogP contribution < -0.4 is 4.74 Å². The lowest BCUT2D eigenvalue weighted by Gasteiger charge is -2.09. The fourth-order valence-corrected chi connectivity index (χ4v) is 2.07. The summed E-state index contributed by atoms with van der Waals surface area (Å²) in [6.07, 6.45) is 0. The van der Waals surface area contributed by atoms with E-state index in [1.807, 2.05) is 0 Å². The Morgan fingerprint density at radius 1 is 0.833 bits per heavy atom. The van der Waals surface area contributed by atoms with E-state index in [1.54, 1.807) is 0 Å². The molecule has 120 valence electrons. The smallest absolute Gasteiger partial charge is 0.387 e. The van der Waals surface area contributed by atoms with Crippen molar-refractivity contribution in [3.8, 4) is 5.75 Å². The van der Waals surface area contributed by atoms with Crippen LogP contribution in [0.15, 0.2) is 42.5 Å². The minimum absolute atomic E-state index is 0.151. The van der Waals surface area contributed by atoms with Crippen molar-refractivity contribution in [2.45, 2.75) is 0 Å². The Balaban J connectivity index is 2.16. The first kappa shape index (κ1) is 15.2. The van der Waals surface area contributed by atoms with Crippen molar-refractivity contribution >= 4 is 23.9 Å². The molecule has 8 heteroatoms. The van der Waals surface area contributed by atoms with Gasteiger partial charge in [-0.1, -0.05) is 12.1 Å². The zero-order valence-corrected chi connectivity index (χ0v) is 11.8. The summed E-state index contributed by atoms with van der Waals surface area (Å²) in [6, 6.07) is 8.76. The second-order valence-electron chi connectivity index (χ2n) is 4.69. The molecule has 0 atom stereocenters. The quantitative estimate of drug-likeness (QED) is 0.479. The lowest BCUT2D eigenvalue weighted by Crippen LogP contribution is -2.16. The number of ether oxygens (including phenoxy) is 1. The van der Waals surface area contributed by atoms with Crippen molar-refractivity contribution in [1.82, 2.24) is 0 Å². The topological polar surface area (TPSA) is 116 Å². The summed E-state index contributed by atoms with van der Waals surface area (Å²) in [4.78, 5) is 56.1. The second-order valence-corrected chi connectivity index (χ2v) is 4.69. The molecule has 0 aliphatic carbocycles. The number of fused-ring (bicyclic) bond motifs is 3. The number of carboxylic acid groups (broad SMARTS) is 1. The monoisotopic (exact) mass is 328 g/mol. The van der Waals surface area contributed by atoms with Gasteiger partial charge in [0, 0.05) is 0 Å². The van der Waals surface area contributed by atoms with Crippen LogP contribution in [0, 0.1) is 0 Å². The highest BCUT2D eigenvalue weighted by Crippen LogP contribution is 2.24. The van der Waals surface area contributed by atoms with Crippen LogP contribution >= 0.6 is 0 Å². The molecule has 24 heavy (non-hydrogen) atoms. The van der Waals surface area contributed by atoms with Crippen LogP contribution in [0.2, 0.25) is 0 Å². The van der Waals surface area contributed by atoms with Crippen LogP contribution in [-0.4, -0.2) is 29.0 Å². The first-order valence-electron chi connectivity index (χ1n) is 6.59. The number of aromatic carboxylic acids is 1. The molecule has 2 aromatic carbocycles. The van der Waals surface area contributed by atoms with E-state index in [2.05, 4.69) is 9.78 Å². The number of carboxylic acids is 1. The molecule has 2 aromatic rings. The molecular formula is C16H8O8. The number of carbonyl (C=O) groups is 4. The van der Waals surface area contributed by atoms with Gasteiger partial charge in [0.1, 0.15) is 11.3 Å². The van der Waals surface area contributed by atoms with E-state index >= 15 is 0 Å². The second kappa shape index (κ2) is 5.84. The van der Waals surface area contributed by atoms with Gasteiger partial charge < -0.3 is 9.84 Å². The summed E-state index contributed by atoms with van der Waals surface area (Å²) in [5.41, 5.74) is -0.838. The third kappa shape index (κ3) is 2.68. The van der Waals surface area contributed by atoms with Crippen LogP contribution in [-0.2, 0) is 9.78 Å². The molecule has 1 aliphatic rings. The summed E-state index contributed by atoms with van der Waals surface area (Å²) in [5.74, 6) is -4.79. The third-order valence-corrected chi connectivity index (χ3v) is 3.21. The average molecular weight is 328 g/mol. The van der Waals surface area contributed by atoms with Gasteiger partial charge in [-0.25, -0.2) is 29.0 Å². The molecule has 0 radical (unpaired) electrons. The maximum atomic E-state index is 12.3. The molecule has 1 heterocycles. The van der Waals surface area contributed by atoms with Gasteiger partial charge in [-0.05, 0) is 30.3 Å². The van der Waals surface area contributed by atoms with E-state index in [0.29, 0.717) is 0 Å². The van der Waals surface area contributed by atoms with Gasteiger partial charge in [0.25, 0.3) is 0 Å². The first-order chi connectivity index (χ1) is 11.5. The predicted molar refractivity (Wildman–Crippen MR) is 75.6 cm³/mol. The predicted octanol–water partition coefficient (Wildman–Crippen LogP) is 1.85. The molecule has 3 rings (SSSR count). The number of hydrogen-bond acceptors (Lipinski definition) is 7. The van der Waals surface area contributed by atoms with Crippen LogP contribution in [0.4, 0.5) is 0 Å². The molecule has 2 bridgehead atoms. The Morgan fingerprint density at radius 3 is 2.12 bits per heavy atom. The fraction of sp³-hybridized carbons (Fsp3) is 0. The number of esters is 1. The Labute approximate surface area is 134 Å². The molecule has 0 aromatic heterocycles. The van der Waals surface area contributed by atoms with Crippen molar-refractivity contribution in [3.63, 3.8) is 0 Å². The molecular weight excluding hydrogens is 320 g/mol. The van der Waals surface area contributed by atoms with E-state index < -0.39 is 23.9 Å². The molecule has 0 fully saturated rings. The molecule has 0 unspecified atom stereocenters. The zero-order valence-electron chi connectivity index (χ0n) is 11.8. The Morgan fingerprint density at radius 2 is 1.46 bits per heavy atom. The van der Waals surface area contributed by atoms with E-state index in [-0.39, 0.29) is 28.0 Å². The van der Waals surface area contributed by atoms with E-state index in [0.717, 1.165) is 18.2 Å². The van der Waals surface area contributed by atoms with Crippen LogP contribution in [0.25, 0.3) is 0 Å². The summed E-state index contributed by atoms with van der Waals surface area (Å²) < 4.78 is 5.07. The van der Waals surface area contributed by atoms with Crippen molar-refractivity contribution in [2.75, 3.05) is 0 Å².